The molecule has 0 aliphatic heterocycles. The van der Waals surface area contributed by atoms with Crippen molar-refractivity contribution in [2.45, 2.75) is 19.8 Å². The van der Waals surface area contributed by atoms with Gasteiger partial charge in [0.15, 0.2) is 0 Å². The van der Waals surface area contributed by atoms with Gasteiger partial charge in [0.25, 0.3) is 0 Å². The molecule has 0 saturated carbocycles. The lowest BCUT2D eigenvalue weighted by Crippen LogP contribution is -2.31. The average Bonchev–Trinajstić information content (AvgIpc) is 2.53. The Labute approximate surface area is 172 Å². The van der Waals surface area contributed by atoms with Gasteiger partial charge in [-0.1, -0.05) is 17.7 Å². The molecule has 1 amide bonds. The third-order valence-electron chi connectivity index (χ3n) is 3.72. The lowest BCUT2D eigenvalue weighted by Gasteiger charge is -2.22. The normalized spacial score (nSPS) is 11.2. The quantitative estimate of drug-likeness (QED) is 0.565. The van der Waals surface area contributed by atoms with E-state index >= 15 is 0 Å². The zero-order valence-corrected chi connectivity index (χ0v) is 18.2. The Bertz CT molecular complexity index is 903. The van der Waals surface area contributed by atoms with Gasteiger partial charge in [-0.2, -0.15) is 0 Å². The number of rotatable bonds is 7. The zero-order chi connectivity index (χ0) is 19.3. The highest BCUT2D eigenvalue weighted by Gasteiger charge is 2.18. The molecule has 1 N–H and O–H groups in total. The summed E-state index contributed by atoms with van der Waals surface area (Å²) < 4.78 is 26.5. The Kier molecular flexibility index (Phi) is 7.31. The second kappa shape index (κ2) is 9.05. The maximum absolute atomic E-state index is 12.2. The van der Waals surface area contributed by atoms with Crippen LogP contribution in [0.1, 0.15) is 18.4 Å². The molecule has 0 spiro atoms. The van der Waals surface area contributed by atoms with Crippen LogP contribution in [-0.2, 0) is 14.8 Å². The van der Waals surface area contributed by atoms with Gasteiger partial charge >= 0.3 is 0 Å². The van der Waals surface area contributed by atoms with Gasteiger partial charge in [0, 0.05) is 27.2 Å². The highest BCUT2D eigenvalue weighted by atomic mass is 127. The number of carbonyl (C=O) groups is 1. The molecule has 0 aromatic heterocycles. The van der Waals surface area contributed by atoms with Crippen LogP contribution in [-0.4, -0.2) is 27.1 Å². The molecule has 5 nitrogen and oxygen atoms in total. The molecule has 0 aliphatic rings. The number of nitrogens with zero attached hydrogens (tertiary/aromatic N) is 1. The van der Waals surface area contributed by atoms with E-state index in [1.54, 1.807) is 24.3 Å². The van der Waals surface area contributed by atoms with E-state index in [9.17, 15) is 13.2 Å². The maximum atomic E-state index is 12.2. The van der Waals surface area contributed by atoms with Crippen molar-refractivity contribution >= 4 is 61.5 Å². The monoisotopic (exact) mass is 506 g/mol. The van der Waals surface area contributed by atoms with Crippen molar-refractivity contribution in [3.63, 3.8) is 0 Å². The van der Waals surface area contributed by atoms with E-state index in [1.807, 2.05) is 25.1 Å². The Morgan fingerprint density at radius 2 is 1.96 bits per heavy atom. The minimum Gasteiger partial charge on any atom is -0.326 e. The molecule has 0 aliphatic carbocycles. The highest BCUT2D eigenvalue weighted by molar-refractivity contribution is 14.1. The van der Waals surface area contributed by atoms with Gasteiger partial charge in [-0.25, -0.2) is 8.42 Å². The number of hydrogen-bond acceptors (Lipinski definition) is 3. The molecule has 0 heterocycles. The van der Waals surface area contributed by atoms with Crippen molar-refractivity contribution in [1.82, 2.24) is 0 Å². The van der Waals surface area contributed by atoms with Crippen LogP contribution in [0.5, 0.6) is 0 Å². The van der Waals surface area contributed by atoms with Crippen LogP contribution in [0.15, 0.2) is 42.5 Å². The molecule has 26 heavy (non-hydrogen) atoms. The minimum absolute atomic E-state index is 0.145. The number of carbonyl (C=O) groups excluding carboxylic acids is 1. The smallest absolute Gasteiger partial charge is 0.232 e. The van der Waals surface area contributed by atoms with Gasteiger partial charge in [-0.15, -0.1) is 0 Å². The van der Waals surface area contributed by atoms with Crippen LogP contribution in [0, 0.1) is 10.5 Å². The molecule has 2 rings (SSSR count). The molecule has 8 heteroatoms. The van der Waals surface area contributed by atoms with Crippen molar-refractivity contribution in [3.05, 3.63) is 56.6 Å². The van der Waals surface area contributed by atoms with Crippen molar-refractivity contribution in [2.24, 2.45) is 0 Å². The fourth-order valence-corrected chi connectivity index (χ4v) is 4.27. The van der Waals surface area contributed by atoms with Crippen LogP contribution in [0.4, 0.5) is 11.4 Å². The molecular weight excluding hydrogens is 487 g/mol. The van der Waals surface area contributed by atoms with E-state index in [4.69, 9.17) is 11.6 Å². The minimum atomic E-state index is -3.46. The first-order chi connectivity index (χ1) is 12.2. The van der Waals surface area contributed by atoms with Crippen molar-refractivity contribution in [2.75, 3.05) is 22.4 Å². The summed E-state index contributed by atoms with van der Waals surface area (Å²) in [6.45, 7) is 2.14. The second-order valence-electron chi connectivity index (χ2n) is 5.93. The van der Waals surface area contributed by atoms with Crippen LogP contribution in [0.3, 0.4) is 0 Å². The van der Waals surface area contributed by atoms with Gasteiger partial charge in [-0.05, 0) is 77.9 Å². The van der Waals surface area contributed by atoms with Gasteiger partial charge in [0.2, 0.25) is 15.9 Å². The molecule has 2 aromatic rings. The fraction of sp³-hybridized carbons (Fsp3) is 0.278. The first-order valence-electron chi connectivity index (χ1n) is 7.96. The van der Waals surface area contributed by atoms with E-state index in [0.29, 0.717) is 17.1 Å². The summed E-state index contributed by atoms with van der Waals surface area (Å²) in [5, 5.41) is 3.33. The summed E-state index contributed by atoms with van der Waals surface area (Å²) in [4.78, 5) is 12.2. The van der Waals surface area contributed by atoms with Crippen LogP contribution in [0.2, 0.25) is 5.02 Å². The summed E-state index contributed by atoms with van der Waals surface area (Å²) in [6, 6.07) is 12.4. The van der Waals surface area contributed by atoms with Crippen LogP contribution in [0.25, 0.3) is 0 Å². The molecule has 0 fully saturated rings. The van der Waals surface area contributed by atoms with E-state index in [2.05, 4.69) is 27.9 Å². The molecule has 0 unspecified atom stereocenters. The van der Waals surface area contributed by atoms with Gasteiger partial charge < -0.3 is 5.32 Å². The topological polar surface area (TPSA) is 66.5 Å². The first kappa shape index (κ1) is 21.0. The van der Waals surface area contributed by atoms with Crippen LogP contribution >= 0.6 is 34.2 Å². The van der Waals surface area contributed by atoms with Crippen LogP contribution < -0.4 is 9.62 Å². The summed E-state index contributed by atoms with van der Waals surface area (Å²) in [5.74, 6) is -0.145. The summed E-state index contributed by atoms with van der Waals surface area (Å²) in [5.41, 5.74) is 2.25. The predicted molar refractivity (Wildman–Crippen MR) is 115 cm³/mol. The molecule has 2 aromatic carbocycles. The Morgan fingerprint density at radius 1 is 1.23 bits per heavy atom. The van der Waals surface area contributed by atoms with Crippen molar-refractivity contribution < 1.29 is 13.2 Å². The van der Waals surface area contributed by atoms with Crippen molar-refractivity contribution in [1.29, 1.82) is 0 Å². The number of aryl methyl sites for hydroxylation is 1. The van der Waals surface area contributed by atoms with E-state index in [-0.39, 0.29) is 18.9 Å². The maximum Gasteiger partial charge on any atom is 0.232 e. The van der Waals surface area contributed by atoms with Gasteiger partial charge in [0.05, 0.1) is 11.9 Å². The average molecular weight is 507 g/mol. The third-order valence-corrected chi connectivity index (χ3v) is 5.82. The molecule has 140 valence electrons. The first-order valence-corrected chi connectivity index (χ1v) is 11.3. The molecule has 0 saturated heterocycles. The predicted octanol–water partition coefficient (Wildman–Crippen LogP) is 4.44. The summed E-state index contributed by atoms with van der Waals surface area (Å²) in [6.07, 6.45) is 1.76. The summed E-state index contributed by atoms with van der Waals surface area (Å²) >= 11 is 8.17. The molecule has 0 atom stereocenters. The molecular formula is C18H20ClIN2O3S. The lowest BCUT2D eigenvalue weighted by atomic mass is 10.2. The molecule has 0 bridgehead atoms. The fourth-order valence-electron chi connectivity index (χ4n) is 2.48. The number of sulfonamides is 1. The van der Waals surface area contributed by atoms with E-state index < -0.39 is 10.0 Å². The number of amides is 1. The van der Waals surface area contributed by atoms with Gasteiger partial charge in [0.1, 0.15) is 0 Å². The Morgan fingerprint density at radius 3 is 2.58 bits per heavy atom. The Balaban J connectivity index is 1.98. The molecule has 0 radical (unpaired) electrons. The zero-order valence-electron chi connectivity index (χ0n) is 14.5. The van der Waals surface area contributed by atoms with Crippen molar-refractivity contribution in [3.8, 4) is 0 Å². The number of anilines is 2. The Hall–Kier alpha value is -1.32. The van der Waals surface area contributed by atoms with E-state index in [1.165, 1.54) is 4.31 Å². The third kappa shape index (κ3) is 6.14. The van der Waals surface area contributed by atoms with Gasteiger partial charge in [-0.3, -0.25) is 9.10 Å². The largest absolute Gasteiger partial charge is 0.326 e. The summed E-state index contributed by atoms with van der Waals surface area (Å²) in [7, 11) is -3.46. The number of hydrogen-bond donors (Lipinski definition) is 1. The van der Waals surface area contributed by atoms with E-state index in [0.717, 1.165) is 21.1 Å². The number of halogens is 2. The second-order valence-corrected chi connectivity index (χ2v) is 9.51. The highest BCUT2D eigenvalue weighted by Crippen LogP contribution is 2.22. The number of nitrogens with one attached hydrogen (secondary N) is 1. The lowest BCUT2D eigenvalue weighted by molar-refractivity contribution is -0.116. The number of benzene rings is 2. The standard InChI is InChI=1S/C18H20ClIN2O3S/c1-13-11-15(20)8-9-17(13)21-18(23)7-4-10-22(26(2,24)25)16-6-3-5-14(19)12-16/h3,5-6,8-9,11-12H,4,7,10H2,1-2H3,(H,21,23). The SMILES string of the molecule is Cc1cc(I)ccc1NC(=O)CCCN(c1cccc(Cl)c1)S(C)(=O)=O.